The van der Waals surface area contributed by atoms with Crippen molar-refractivity contribution in [3.05, 3.63) is 108 Å². The van der Waals surface area contributed by atoms with Crippen molar-refractivity contribution in [3.63, 3.8) is 0 Å². The zero-order chi connectivity index (χ0) is 30.0. The van der Waals surface area contributed by atoms with E-state index in [4.69, 9.17) is 20.8 Å². The molecular weight excluding hydrogens is 594 g/mol. The smallest absolute Gasteiger partial charge is 0.339 e. The standard InChI is InChI=1S/C30H20ClN5O6S/c31-25-15-16-26(35-34-25)36-43(39,40)20-13-11-19(12-14-20)32-27(37)17-41-30(38)22-8-4-6-18-5-3-7-21(28(18)22)29-33-23-9-1-2-10-24(23)42-29/h1-16H,17H2,(H,32,37)(H,35,36). The number of anilines is 2. The molecule has 6 rings (SSSR count). The van der Waals surface area contributed by atoms with Crippen LogP contribution in [0.4, 0.5) is 11.5 Å². The van der Waals surface area contributed by atoms with Crippen LogP contribution in [0.1, 0.15) is 10.4 Å². The van der Waals surface area contributed by atoms with Crippen LogP contribution in [0.2, 0.25) is 5.15 Å². The molecule has 0 aliphatic carbocycles. The number of benzene rings is 4. The Morgan fingerprint density at radius 2 is 1.63 bits per heavy atom. The van der Waals surface area contributed by atoms with Gasteiger partial charge in [-0.2, -0.15) is 0 Å². The maximum atomic E-state index is 13.2. The SMILES string of the molecule is O=C(COC(=O)c1cccc2cccc(-c3nc4ccccc4o3)c12)Nc1ccc(S(=O)(=O)Nc2ccc(Cl)nn2)cc1. The molecule has 0 radical (unpaired) electrons. The van der Waals surface area contributed by atoms with Gasteiger partial charge in [-0.15, -0.1) is 10.2 Å². The highest BCUT2D eigenvalue weighted by Gasteiger charge is 2.20. The summed E-state index contributed by atoms with van der Waals surface area (Å²) in [5, 5.41) is 11.3. The van der Waals surface area contributed by atoms with Gasteiger partial charge in [0.15, 0.2) is 23.2 Å². The predicted octanol–water partition coefficient (Wildman–Crippen LogP) is 5.69. The van der Waals surface area contributed by atoms with Crippen LogP contribution in [0.5, 0.6) is 0 Å². The second-order valence-electron chi connectivity index (χ2n) is 9.19. The normalized spacial score (nSPS) is 11.4. The average molecular weight is 614 g/mol. The lowest BCUT2D eigenvalue weighted by Crippen LogP contribution is -2.21. The van der Waals surface area contributed by atoms with E-state index in [9.17, 15) is 18.0 Å². The van der Waals surface area contributed by atoms with Gasteiger partial charge in [-0.3, -0.25) is 9.52 Å². The number of carbonyl (C=O) groups is 2. The molecule has 0 unspecified atom stereocenters. The van der Waals surface area contributed by atoms with E-state index in [1.807, 2.05) is 42.5 Å². The van der Waals surface area contributed by atoms with E-state index in [1.165, 1.54) is 36.4 Å². The van der Waals surface area contributed by atoms with E-state index < -0.39 is 28.5 Å². The van der Waals surface area contributed by atoms with E-state index >= 15 is 0 Å². The molecule has 214 valence electrons. The molecule has 2 N–H and O–H groups in total. The predicted molar refractivity (Wildman–Crippen MR) is 160 cm³/mol. The van der Waals surface area contributed by atoms with Crippen LogP contribution >= 0.6 is 11.6 Å². The third-order valence-electron chi connectivity index (χ3n) is 6.30. The maximum absolute atomic E-state index is 13.2. The van der Waals surface area contributed by atoms with Crippen molar-refractivity contribution in [2.24, 2.45) is 0 Å². The second-order valence-corrected chi connectivity index (χ2v) is 11.3. The molecule has 4 aromatic carbocycles. The minimum absolute atomic E-state index is 0.00392. The van der Waals surface area contributed by atoms with Crippen LogP contribution in [-0.4, -0.2) is 42.1 Å². The molecule has 0 fully saturated rings. The van der Waals surface area contributed by atoms with Gasteiger partial charge in [0.1, 0.15) is 5.52 Å². The first-order valence-corrected chi connectivity index (χ1v) is 14.6. The number of hydrogen-bond donors (Lipinski definition) is 2. The minimum atomic E-state index is -3.96. The largest absolute Gasteiger partial charge is 0.452 e. The van der Waals surface area contributed by atoms with Crippen LogP contribution in [0.3, 0.4) is 0 Å². The Kier molecular flexibility index (Phi) is 7.45. The van der Waals surface area contributed by atoms with Crippen molar-refractivity contribution in [2.45, 2.75) is 4.90 Å². The Bertz CT molecular complexity index is 2060. The van der Waals surface area contributed by atoms with E-state index in [1.54, 1.807) is 18.2 Å². The van der Waals surface area contributed by atoms with Gasteiger partial charge in [-0.25, -0.2) is 18.2 Å². The number of sulfonamides is 1. The number of carbonyl (C=O) groups excluding carboxylic acids is 2. The van der Waals surface area contributed by atoms with Crippen molar-refractivity contribution in [1.82, 2.24) is 15.2 Å². The highest BCUT2D eigenvalue weighted by molar-refractivity contribution is 7.92. The van der Waals surface area contributed by atoms with Gasteiger partial charge in [0, 0.05) is 16.6 Å². The fraction of sp³-hybridized carbons (Fsp3) is 0.0333. The van der Waals surface area contributed by atoms with E-state index in [-0.39, 0.29) is 21.4 Å². The highest BCUT2D eigenvalue weighted by Crippen LogP contribution is 2.33. The zero-order valence-electron chi connectivity index (χ0n) is 22.0. The summed E-state index contributed by atoms with van der Waals surface area (Å²) >= 11 is 5.68. The number of oxazole rings is 1. The van der Waals surface area contributed by atoms with Gasteiger partial charge in [0.25, 0.3) is 15.9 Å². The molecule has 0 saturated carbocycles. The minimum Gasteiger partial charge on any atom is -0.452 e. The third-order valence-corrected chi connectivity index (χ3v) is 7.87. The molecule has 0 saturated heterocycles. The number of amides is 1. The number of rotatable bonds is 8. The molecule has 11 nitrogen and oxygen atoms in total. The first-order valence-electron chi connectivity index (χ1n) is 12.7. The molecule has 0 bridgehead atoms. The van der Waals surface area contributed by atoms with E-state index in [2.05, 4.69) is 25.2 Å². The molecule has 0 spiro atoms. The topological polar surface area (TPSA) is 153 Å². The molecule has 0 aliphatic rings. The fourth-order valence-electron chi connectivity index (χ4n) is 4.37. The van der Waals surface area contributed by atoms with Gasteiger partial charge in [0.05, 0.1) is 10.5 Å². The molecule has 13 heteroatoms. The summed E-state index contributed by atoms with van der Waals surface area (Å²) in [6, 6.07) is 26.2. The Morgan fingerprint density at radius 1 is 0.860 bits per heavy atom. The quantitative estimate of drug-likeness (QED) is 0.206. The number of halogens is 1. The second kappa shape index (κ2) is 11.5. The summed E-state index contributed by atoms with van der Waals surface area (Å²) in [6.07, 6.45) is 0. The molecule has 43 heavy (non-hydrogen) atoms. The van der Waals surface area contributed by atoms with Crippen LogP contribution in [0, 0.1) is 0 Å². The number of hydrogen-bond acceptors (Lipinski definition) is 9. The molecule has 0 atom stereocenters. The van der Waals surface area contributed by atoms with Gasteiger partial charge in [0.2, 0.25) is 5.89 Å². The number of esters is 1. The first kappa shape index (κ1) is 27.8. The Hall–Kier alpha value is -5.33. The molecule has 1 amide bonds. The number of fused-ring (bicyclic) bond motifs is 2. The number of para-hydroxylation sites is 2. The number of nitrogens with one attached hydrogen (secondary N) is 2. The zero-order valence-corrected chi connectivity index (χ0v) is 23.6. The van der Waals surface area contributed by atoms with Gasteiger partial charge >= 0.3 is 5.97 Å². The van der Waals surface area contributed by atoms with Gasteiger partial charge < -0.3 is 14.5 Å². The fourth-order valence-corrected chi connectivity index (χ4v) is 5.46. The van der Waals surface area contributed by atoms with Crippen molar-refractivity contribution >= 4 is 66.9 Å². The van der Waals surface area contributed by atoms with Gasteiger partial charge in [-0.1, -0.05) is 48.0 Å². The Morgan fingerprint density at radius 3 is 2.37 bits per heavy atom. The van der Waals surface area contributed by atoms with Crippen molar-refractivity contribution in [2.75, 3.05) is 16.6 Å². The van der Waals surface area contributed by atoms with Crippen molar-refractivity contribution in [1.29, 1.82) is 0 Å². The monoisotopic (exact) mass is 613 g/mol. The summed E-state index contributed by atoms with van der Waals surface area (Å²) in [5.74, 6) is -0.970. The molecule has 2 aromatic heterocycles. The lowest BCUT2D eigenvalue weighted by molar-refractivity contribution is -0.119. The molecule has 6 aromatic rings. The number of aromatic nitrogens is 3. The Labute approximate surface area is 249 Å². The van der Waals surface area contributed by atoms with Crippen LogP contribution in [-0.2, 0) is 19.6 Å². The van der Waals surface area contributed by atoms with Crippen molar-refractivity contribution in [3.8, 4) is 11.5 Å². The van der Waals surface area contributed by atoms with Gasteiger partial charge in [-0.05, 0) is 66.0 Å². The molecule has 2 heterocycles. The summed E-state index contributed by atoms with van der Waals surface area (Å²) in [7, 11) is -3.96. The van der Waals surface area contributed by atoms with Crippen molar-refractivity contribution < 1.29 is 27.2 Å². The summed E-state index contributed by atoms with van der Waals surface area (Å²) in [6.45, 7) is -0.572. The maximum Gasteiger partial charge on any atom is 0.339 e. The molecule has 0 aliphatic heterocycles. The van der Waals surface area contributed by atoms with E-state index in [0.717, 1.165) is 5.39 Å². The summed E-state index contributed by atoms with van der Waals surface area (Å²) in [5.41, 5.74) is 2.46. The summed E-state index contributed by atoms with van der Waals surface area (Å²) in [4.78, 5) is 30.2. The number of ether oxygens (including phenoxy) is 1. The highest BCUT2D eigenvalue weighted by atomic mass is 35.5. The lowest BCUT2D eigenvalue weighted by Gasteiger charge is -2.11. The van der Waals surface area contributed by atoms with Crippen LogP contribution in [0.25, 0.3) is 33.3 Å². The van der Waals surface area contributed by atoms with Crippen LogP contribution in [0.15, 0.2) is 106 Å². The van der Waals surface area contributed by atoms with E-state index in [0.29, 0.717) is 33.6 Å². The third kappa shape index (κ3) is 6.01. The lowest BCUT2D eigenvalue weighted by atomic mass is 9.99. The Balaban J connectivity index is 1.14. The number of nitrogens with zero attached hydrogens (tertiary/aromatic N) is 3. The first-order chi connectivity index (χ1) is 20.8. The molecular formula is C30H20ClN5O6S. The summed E-state index contributed by atoms with van der Waals surface area (Å²) < 4.78 is 38.8. The average Bonchev–Trinajstić information content (AvgIpc) is 3.45. The van der Waals surface area contributed by atoms with Crippen LogP contribution < -0.4 is 10.0 Å².